The molecule has 21 heavy (non-hydrogen) atoms. The molecular formula is C13H15N3O5. The van der Waals surface area contributed by atoms with E-state index in [0.717, 1.165) is 0 Å². The second kappa shape index (κ2) is 6.60. The van der Waals surface area contributed by atoms with Gasteiger partial charge in [-0.15, -0.1) is 5.10 Å². The molecule has 1 N–H and O–H groups in total. The molecule has 0 atom stereocenters. The average Bonchev–Trinajstić information content (AvgIpc) is 2.96. The van der Waals surface area contributed by atoms with Gasteiger partial charge >= 0.3 is 5.97 Å². The third-order valence-corrected chi connectivity index (χ3v) is 2.71. The first-order chi connectivity index (χ1) is 10.2. The zero-order valence-corrected chi connectivity index (χ0v) is 11.6. The van der Waals surface area contributed by atoms with Crippen LogP contribution >= 0.6 is 0 Å². The van der Waals surface area contributed by atoms with Crippen LogP contribution in [0.25, 0.3) is 0 Å². The molecule has 1 aromatic carbocycles. The number of hydrogen-bond donors (Lipinski definition) is 1. The molecule has 2 rings (SSSR count). The van der Waals surface area contributed by atoms with Crippen LogP contribution in [0.1, 0.15) is 10.5 Å². The Balaban J connectivity index is 2.01. The maximum absolute atomic E-state index is 10.7. The molecule has 0 aliphatic heterocycles. The van der Waals surface area contributed by atoms with Gasteiger partial charge in [-0.25, -0.2) is 9.48 Å². The highest BCUT2D eigenvalue weighted by Crippen LogP contribution is 2.36. The van der Waals surface area contributed by atoms with E-state index in [2.05, 4.69) is 10.3 Å². The van der Waals surface area contributed by atoms with Crippen LogP contribution in [0, 0.1) is 0 Å². The standard InChI is InChI=1S/C13H15N3O5/c1-19-10-4-3-5-11(20-2)12(10)21-7-6-16-8-9(13(17)18)14-15-16/h3-5,8H,6-7H2,1-2H3,(H,17,18). The summed E-state index contributed by atoms with van der Waals surface area (Å²) < 4.78 is 17.4. The Kier molecular flexibility index (Phi) is 4.60. The molecule has 0 amide bonds. The number of aromatic carboxylic acids is 1. The average molecular weight is 293 g/mol. The second-order valence-electron chi connectivity index (χ2n) is 4.01. The van der Waals surface area contributed by atoms with Crippen LogP contribution in [0.2, 0.25) is 0 Å². The van der Waals surface area contributed by atoms with Crippen molar-refractivity contribution < 1.29 is 24.1 Å². The van der Waals surface area contributed by atoms with Crippen molar-refractivity contribution in [1.29, 1.82) is 0 Å². The lowest BCUT2D eigenvalue weighted by Crippen LogP contribution is -2.10. The van der Waals surface area contributed by atoms with Gasteiger partial charge in [-0.3, -0.25) is 0 Å². The van der Waals surface area contributed by atoms with E-state index in [1.807, 2.05) is 0 Å². The maximum atomic E-state index is 10.7. The van der Waals surface area contributed by atoms with E-state index in [1.165, 1.54) is 25.1 Å². The van der Waals surface area contributed by atoms with E-state index in [1.54, 1.807) is 18.2 Å². The number of hydrogen-bond acceptors (Lipinski definition) is 6. The van der Waals surface area contributed by atoms with Crippen LogP contribution in [0.4, 0.5) is 0 Å². The normalized spacial score (nSPS) is 10.2. The summed E-state index contributed by atoms with van der Waals surface area (Å²) in [5.74, 6) is 0.480. The summed E-state index contributed by atoms with van der Waals surface area (Å²) >= 11 is 0. The third kappa shape index (κ3) is 3.41. The van der Waals surface area contributed by atoms with Gasteiger partial charge in [-0.1, -0.05) is 11.3 Å². The number of ether oxygens (including phenoxy) is 3. The highest BCUT2D eigenvalue weighted by Gasteiger charge is 2.12. The molecule has 8 heteroatoms. The topological polar surface area (TPSA) is 95.7 Å². The van der Waals surface area contributed by atoms with Gasteiger partial charge in [0, 0.05) is 0 Å². The fourth-order valence-corrected chi connectivity index (χ4v) is 1.71. The Morgan fingerprint density at radius 1 is 1.29 bits per heavy atom. The summed E-state index contributed by atoms with van der Waals surface area (Å²) in [6.45, 7) is 0.612. The molecule has 0 fully saturated rings. The van der Waals surface area contributed by atoms with Crippen LogP contribution in [-0.2, 0) is 6.54 Å². The monoisotopic (exact) mass is 293 g/mol. The van der Waals surface area contributed by atoms with Gasteiger partial charge in [0.25, 0.3) is 0 Å². The Morgan fingerprint density at radius 2 is 1.95 bits per heavy atom. The summed E-state index contributed by atoms with van der Waals surface area (Å²) in [7, 11) is 3.08. The zero-order valence-electron chi connectivity index (χ0n) is 11.6. The molecule has 0 aliphatic rings. The van der Waals surface area contributed by atoms with Crippen molar-refractivity contribution in [2.24, 2.45) is 0 Å². The minimum Gasteiger partial charge on any atom is -0.493 e. The van der Waals surface area contributed by atoms with E-state index in [4.69, 9.17) is 19.3 Å². The molecule has 112 valence electrons. The Bertz CT molecular complexity index is 604. The number of para-hydroxylation sites is 1. The molecule has 0 spiro atoms. The van der Waals surface area contributed by atoms with Crippen LogP contribution < -0.4 is 14.2 Å². The fourth-order valence-electron chi connectivity index (χ4n) is 1.71. The van der Waals surface area contributed by atoms with Gasteiger partial charge in [-0.2, -0.15) is 0 Å². The highest BCUT2D eigenvalue weighted by molar-refractivity contribution is 5.84. The molecule has 0 saturated heterocycles. The van der Waals surface area contributed by atoms with Crippen LogP contribution in [0.3, 0.4) is 0 Å². The third-order valence-electron chi connectivity index (χ3n) is 2.71. The van der Waals surface area contributed by atoms with Crippen molar-refractivity contribution in [3.05, 3.63) is 30.1 Å². The van der Waals surface area contributed by atoms with Crippen molar-refractivity contribution in [3.63, 3.8) is 0 Å². The number of benzene rings is 1. The lowest BCUT2D eigenvalue weighted by molar-refractivity contribution is 0.0690. The number of aromatic nitrogens is 3. The summed E-state index contributed by atoms with van der Waals surface area (Å²) in [5.41, 5.74) is -0.107. The SMILES string of the molecule is COc1cccc(OC)c1OCCn1cc(C(=O)O)nn1. The Hall–Kier alpha value is -2.77. The van der Waals surface area contributed by atoms with Crippen LogP contribution in [-0.4, -0.2) is 46.9 Å². The zero-order chi connectivity index (χ0) is 15.2. The van der Waals surface area contributed by atoms with Gasteiger partial charge in [-0.05, 0) is 12.1 Å². The number of nitrogens with zero attached hydrogens (tertiary/aromatic N) is 3. The lowest BCUT2D eigenvalue weighted by atomic mass is 10.3. The van der Waals surface area contributed by atoms with E-state index in [-0.39, 0.29) is 12.3 Å². The van der Waals surface area contributed by atoms with E-state index in [0.29, 0.717) is 23.8 Å². The number of methoxy groups -OCH3 is 2. The van der Waals surface area contributed by atoms with Crippen LogP contribution in [0.15, 0.2) is 24.4 Å². The molecule has 1 heterocycles. The molecule has 0 radical (unpaired) electrons. The largest absolute Gasteiger partial charge is 0.493 e. The summed E-state index contributed by atoms with van der Waals surface area (Å²) in [4.78, 5) is 10.7. The Morgan fingerprint density at radius 3 is 2.48 bits per heavy atom. The van der Waals surface area contributed by atoms with Gasteiger partial charge < -0.3 is 19.3 Å². The molecule has 0 saturated carbocycles. The maximum Gasteiger partial charge on any atom is 0.358 e. The lowest BCUT2D eigenvalue weighted by Gasteiger charge is -2.13. The van der Waals surface area contributed by atoms with E-state index >= 15 is 0 Å². The predicted molar refractivity (Wildman–Crippen MR) is 72.0 cm³/mol. The first kappa shape index (κ1) is 14.6. The number of carbonyl (C=O) groups is 1. The van der Waals surface area contributed by atoms with Crippen molar-refractivity contribution in [2.75, 3.05) is 20.8 Å². The summed E-state index contributed by atoms with van der Waals surface area (Å²) in [5, 5.41) is 16.0. The number of carboxylic acids is 1. The molecule has 0 aliphatic carbocycles. The molecule has 2 aromatic rings. The van der Waals surface area contributed by atoms with E-state index in [9.17, 15) is 4.79 Å². The predicted octanol–water partition coefficient (Wildman–Crippen LogP) is 1.07. The molecule has 1 aromatic heterocycles. The highest BCUT2D eigenvalue weighted by atomic mass is 16.5. The van der Waals surface area contributed by atoms with Crippen LogP contribution in [0.5, 0.6) is 17.2 Å². The second-order valence-corrected chi connectivity index (χ2v) is 4.01. The molecule has 0 bridgehead atoms. The van der Waals surface area contributed by atoms with Crippen molar-refractivity contribution in [2.45, 2.75) is 6.54 Å². The van der Waals surface area contributed by atoms with E-state index < -0.39 is 5.97 Å². The van der Waals surface area contributed by atoms with Gasteiger partial charge in [0.2, 0.25) is 5.75 Å². The molecule has 8 nitrogen and oxygen atoms in total. The number of rotatable bonds is 7. The van der Waals surface area contributed by atoms with Gasteiger partial charge in [0.05, 0.1) is 27.0 Å². The van der Waals surface area contributed by atoms with Crippen molar-refractivity contribution in [3.8, 4) is 17.2 Å². The smallest absolute Gasteiger partial charge is 0.358 e. The molecular weight excluding hydrogens is 278 g/mol. The first-order valence-electron chi connectivity index (χ1n) is 6.13. The quantitative estimate of drug-likeness (QED) is 0.815. The Labute approximate surface area is 120 Å². The van der Waals surface area contributed by atoms with Gasteiger partial charge in [0.15, 0.2) is 17.2 Å². The minimum absolute atomic E-state index is 0.107. The summed E-state index contributed by atoms with van der Waals surface area (Å²) in [6.07, 6.45) is 1.34. The minimum atomic E-state index is -1.12. The van der Waals surface area contributed by atoms with Crippen molar-refractivity contribution in [1.82, 2.24) is 15.0 Å². The number of carboxylic acid groups (broad SMARTS) is 1. The first-order valence-corrected chi connectivity index (χ1v) is 6.13. The fraction of sp³-hybridized carbons (Fsp3) is 0.308. The molecule has 0 unspecified atom stereocenters. The van der Waals surface area contributed by atoms with Crippen molar-refractivity contribution >= 4 is 5.97 Å². The van der Waals surface area contributed by atoms with Gasteiger partial charge in [0.1, 0.15) is 6.61 Å². The summed E-state index contributed by atoms with van der Waals surface area (Å²) in [6, 6.07) is 5.31.